The Balaban J connectivity index is 2.02. The summed E-state index contributed by atoms with van der Waals surface area (Å²) in [5.74, 6) is -0.834. The molecule has 2 aliphatic rings. The fourth-order valence-corrected chi connectivity index (χ4v) is 3.16. The molecule has 2 unspecified atom stereocenters. The van der Waals surface area contributed by atoms with Crippen LogP contribution in [0.15, 0.2) is 35.9 Å². The lowest BCUT2D eigenvalue weighted by Crippen LogP contribution is -2.34. The molecular formula is C17H18O5. The van der Waals surface area contributed by atoms with Gasteiger partial charge in [-0.05, 0) is 31.1 Å². The molecule has 3 rings (SSSR count). The van der Waals surface area contributed by atoms with Crippen LogP contribution in [0.5, 0.6) is 0 Å². The third-order valence-electron chi connectivity index (χ3n) is 3.98. The van der Waals surface area contributed by atoms with Gasteiger partial charge in [-0.1, -0.05) is 24.3 Å². The number of carbonyl (C=O) groups is 2. The molecule has 2 aliphatic heterocycles. The summed E-state index contributed by atoms with van der Waals surface area (Å²) in [6.45, 7) is 4.06. The maximum absolute atomic E-state index is 12.3. The molecule has 5 heteroatoms. The Morgan fingerprint density at radius 3 is 2.64 bits per heavy atom. The van der Waals surface area contributed by atoms with Crippen LogP contribution in [0.4, 0.5) is 0 Å². The zero-order valence-corrected chi connectivity index (χ0v) is 12.6. The highest BCUT2D eigenvalue weighted by atomic mass is 16.6. The number of ether oxygens (including phenoxy) is 3. The highest BCUT2D eigenvalue weighted by molar-refractivity contribution is 5.94. The van der Waals surface area contributed by atoms with Gasteiger partial charge in [0.1, 0.15) is 11.7 Å². The molecule has 0 saturated carbocycles. The number of hydrogen-bond acceptors (Lipinski definition) is 5. The minimum atomic E-state index is -1.08. The van der Waals surface area contributed by atoms with Crippen molar-refractivity contribution in [1.29, 1.82) is 0 Å². The Morgan fingerprint density at radius 2 is 1.91 bits per heavy atom. The van der Waals surface area contributed by atoms with Gasteiger partial charge in [0.25, 0.3) is 0 Å². The highest BCUT2D eigenvalue weighted by Crippen LogP contribution is 2.56. The van der Waals surface area contributed by atoms with Gasteiger partial charge < -0.3 is 14.2 Å². The van der Waals surface area contributed by atoms with Gasteiger partial charge in [0.2, 0.25) is 0 Å². The maximum atomic E-state index is 12.3. The average molecular weight is 302 g/mol. The molecule has 116 valence electrons. The Labute approximate surface area is 128 Å². The van der Waals surface area contributed by atoms with E-state index >= 15 is 0 Å². The Hall–Kier alpha value is -2.14. The van der Waals surface area contributed by atoms with Crippen LogP contribution in [-0.4, -0.2) is 25.2 Å². The van der Waals surface area contributed by atoms with Crippen LogP contribution in [-0.2, 0) is 29.4 Å². The van der Waals surface area contributed by atoms with Crippen molar-refractivity contribution >= 4 is 11.9 Å². The van der Waals surface area contributed by atoms with E-state index in [1.165, 1.54) is 0 Å². The van der Waals surface area contributed by atoms with Gasteiger partial charge in [-0.3, -0.25) is 4.79 Å². The predicted molar refractivity (Wildman–Crippen MR) is 77.9 cm³/mol. The topological polar surface area (TPSA) is 61.8 Å². The van der Waals surface area contributed by atoms with Crippen LogP contribution in [0, 0.1) is 0 Å². The first-order valence-electron chi connectivity index (χ1n) is 7.44. The van der Waals surface area contributed by atoms with E-state index < -0.39 is 17.5 Å². The lowest BCUT2D eigenvalue weighted by atomic mass is 9.79. The first-order chi connectivity index (χ1) is 10.6. The maximum Gasteiger partial charge on any atom is 0.337 e. The molecule has 0 radical (unpaired) electrons. The lowest BCUT2D eigenvalue weighted by Gasteiger charge is -2.28. The van der Waals surface area contributed by atoms with Crippen LogP contribution in [0.1, 0.15) is 37.5 Å². The third-order valence-corrected chi connectivity index (χ3v) is 3.98. The fraction of sp³-hybridized carbons (Fsp3) is 0.412. The number of esters is 2. The minimum Gasteiger partial charge on any atom is -0.466 e. The van der Waals surface area contributed by atoms with Gasteiger partial charge in [-0.2, -0.15) is 0 Å². The van der Waals surface area contributed by atoms with Gasteiger partial charge in [0.05, 0.1) is 25.2 Å². The quantitative estimate of drug-likeness (QED) is 0.782. The summed E-state index contributed by atoms with van der Waals surface area (Å²) in [6, 6.07) is 7.63. The molecule has 5 nitrogen and oxygen atoms in total. The molecule has 0 saturated heterocycles. The number of rotatable bonds is 5. The van der Waals surface area contributed by atoms with Gasteiger partial charge >= 0.3 is 11.9 Å². The molecule has 0 fully saturated rings. The van der Waals surface area contributed by atoms with E-state index in [1.807, 2.05) is 24.3 Å². The second-order valence-corrected chi connectivity index (χ2v) is 5.24. The number of fused-ring (bicyclic) bond motifs is 5. The fourth-order valence-electron chi connectivity index (χ4n) is 3.16. The summed E-state index contributed by atoms with van der Waals surface area (Å²) in [7, 11) is 0. The standard InChI is InChI=1S/C17H18O5/c1-3-20-15(18)10-17-12-8-6-5-7-11(12)14(22-17)9-13(17)16(19)21-4-2/h5-9,14H,3-4,10H2,1-2H3. The van der Waals surface area contributed by atoms with Crippen molar-refractivity contribution < 1.29 is 23.8 Å². The van der Waals surface area contributed by atoms with Crippen LogP contribution < -0.4 is 0 Å². The summed E-state index contributed by atoms with van der Waals surface area (Å²) >= 11 is 0. The van der Waals surface area contributed by atoms with E-state index in [-0.39, 0.29) is 19.1 Å². The third kappa shape index (κ3) is 2.13. The lowest BCUT2D eigenvalue weighted by molar-refractivity contribution is -0.151. The van der Waals surface area contributed by atoms with Crippen molar-refractivity contribution in [2.45, 2.75) is 32.0 Å². The second-order valence-electron chi connectivity index (χ2n) is 5.24. The number of benzene rings is 1. The first-order valence-corrected chi connectivity index (χ1v) is 7.44. The number of hydrogen-bond donors (Lipinski definition) is 0. The van der Waals surface area contributed by atoms with Gasteiger partial charge in [0.15, 0.2) is 0 Å². The van der Waals surface area contributed by atoms with Gasteiger partial charge in [0, 0.05) is 0 Å². The zero-order chi connectivity index (χ0) is 15.7. The summed E-state index contributed by atoms with van der Waals surface area (Å²) < 4.78 is 16.2. The van der Waals surface area contributed by atoms with Crippen LogP contribution in [0.2, 0.25) is 0 Å². The summed E-state index contributed by atoms with van der Waals surface area (Å²) in [5, 5.41) is 0. The van der Waals surface area contributed by atoms with Crippen molar-refractivity contribution in [3.8, 4) is 0 Å². The Kier molecular flexibility index (Phi) is 3.74. The zero-order valence-electron chi connectivity index (χ0n) is 12.6. The normalized spacial score (nSPS) is 24.6. The average Bonchev–Trinajstić information content (AvgIpc) is 3.01. The molecule has 0 N–H and O–H groups in total. The molecule has 1 aromatic rings. The van der Waals surface area contributed by atoms with E-state index in [0.29, 0.717) is 12.2 Å². The monoisotopic (exact) mass is 302 g/mol. The SMILES string of the molecule is CCOC(=O)CC12OC(C=C1C(=O)OCC)c1ccccc12. The number of carbonyl (C=O) groups excluding carboxylic acids is 2. The summed E-state index contributed by atoms with van der Waals surface area (Å²) in [5.41, 5.74) is 1.14. The summed E-state index contributed by atoms with van der Waals surface area (Å²) in [6.07, 6.45) is 1.41. The van der Waals surface area contributed by atoms with Crippen LogP contribution in [0.25, 0.3) is 0 Å². The molecule has 0 aliphatic carbocycles. The molecule has 2 heterocycles. The van der Waals surface area contributed by atoms with Crippen molar-refractivity contribution in [2.75, 3.05) is 13.2 Å². The van der Waals surface area contributed by atoms with Crippen LogP contribution in [0.3, 0.4) is 0 Å². The largest absolute Gasteiger partial charge is 0.466 e. The molecule has 2 atom stereocenters. The Bertz CT molecular complexity index is 648. The molecular weight excluding hydrogens is 284 g/mol. The van der Waals surface area contributed by atoms with E-state index in [0.717, 1.165) is 11.1 Å². The van der Waals surface area contributed by atoms with E-state index in [9.17, 15) is 9.59 Å². The highest BCUT2D eigenvalue weighted by Gasteiger charge is 2.56. The van der Waals surface area contributed by atoms with Crippen molar-refractivity contribution in [3.63, 3.8) is 0 Å². The van der Waals surface area contributed by atoms with Gasteiger partial charge in [-0.15, -0.1) is 0 Å². The van der Waals surface area contributed by atoms with Crippen molar-refractivity contribution in [3.05, 3.63) is 47.0 Å². The summed E-state index contributed by atoms with van der Waals surface area (Å²) in [4.78, 5) is 24.3. The van der Waals surface area contributed by atoms with Crippen molar-refractivity contribution in [1.82, 2.24) is 0 Å². The van der Waals surface area contributed by atoms with E-state index in [1.54, 1.807) is 19.9 Å². The molecule has 22 heavy (non-hydrogen) atoms. The second kappa shape index (κ2) is 5.57. The first kappa shape index (κ1) is 14.8. The minimum absolute atomic E-state index is 0.0288. The van der Waals surface area contributed by atoms with Crippen LogP contribution >= 0.6 is 0 Å². The molecule has 0 amide bonds. The predicted octanol–water partition coefficient (Wildman–Crippen LogP) is 2.41. The Morgan fingerprint density at radius 1 is 1.18 bits per heavy atom. The molecule has 2 bridgehead atoms. The molecule has 0 spiro atoms. The molecule has 1 aromatic carbocycles. The van der Waals surface area contributed by atoms with Gasteiger partial charge in [-0.25, -0.2) is 4.79 Å². The van der Waals surface area contributed by atoms with Crippen molar-refractivity contribution in [2.24, 2.45) is 0 Å². The van der Waals surface area contributed by atoms with E-state index in [2.05, 4.69) is 0 Å². The van der Waals surface area contributed by atoms with E-state index in [4.69, 9.17) is 14.2 Å². The smallest absolute Gasteiger partial charge is 0.337 e. The molecule has 0 aromatic heterocycles.